The van der Waals surface area contributed by atoms with Crippen LogP contribution in [0.5, 0.6) is 0 Å². The van der Waals surface area contributed by atoms with Crippen LogP contribution in [0.3, 0.4) is 0 Å². The van der Waals surface area contributed by atoms with Gasteiger partial charge < -0.3 is 5.73 Å². The molecule has 0 aliphatic rings. The number of pyridine rings is 2. The summed E-state index contributed by atoms with van der Waals surface area (Å²) in [6, 6.07) is 10.9. The molecular weight excluding hydrogens is 214 g/mol. The minimum atomic E-state index is -0.517. The first-order valence-corrected chi connectivity index (χ1v) is 5.11. The summed E-state index contributed by atoms with van der Waals surface area (Å²) in [6.45, 7) is 0. The van der Waals surface area contributed by atoms with Crippen molar-refractivity contribution in [3.05, 3.63) is 66.3 Å². The number of aromatic nitrogens is 2. The number of nitrogens with two attached hydrogens (primary N) is 1. The van der Waals surface area contributed by atoms with E-state index in [4.69, 9.17) is 5.73 Å². The maximum absolute atomic E-state index is 11.0. The summed E-state index contributed by atoms with van der Waals surface area (Å²) in [4.78, 5) is 19.4. The predicted molar refractivity (Wildman–Crippen MR) is 64.7 cm³/mol. The van der Waals surface area contributed by atoms with Crippen LogP contribution in [0.2, 0.25) is 0 Å². The molecule has 0 radical (unpaired) electrons. The molecule has 4 heteroatoms. The number of primary amides is 1. The Morgan fingerprint density at radius 1 is 1.00 bits per heavy atom. The van der Waals surface area contributed by atoms with Crippen LogP contribution in [0.1, 0.15) is 11.4 Å². The van der Waals surface area contributed by atoms with Crippen LogP contribution in [0.15, 0.2) is 54.9 Å². The van der Waals surface area contributed by atoms with Crippen molar-refractivity contribution in [2.75, 3.05) is 0 Å². The van der Waals surface area contributed by atoms with Crippen molar-refractivity contribution in [2.45, 2.75) is 0 Å². The minimum absolute atomic E-state index is 0.517. The van der Waals surface area contributed by atoms with Crippen molar-refractivity contribution in [3.63, 3.8) is 0 Å². The minimum Gasteiger partial charge on any atom is -0.366 e. The molecule has 0 aliphatic heterocycles. The van der Waals surface area contributed by atoms with E-state index in [0.29, 0.717) is 17.0 Å². The van der Waals surface area contributed by atoms with E-state index < -0.39 is 5.91 Å². The van der Waals surface area contributed by atoms with Crippen molar-refractivity contribution in [1.82, 2.24) is 9.97 Å². The molecule has 2 heterocycles. The lowest BCUT2D eigenvalue weighted by molar-refractivity contribution is -0.113. The van der Waals surface area contributed by atoms with E-state index >= 15 is 0 Å². The molecule has 0 unspecified atom stereocenters. The predicted octanol–water partition coefficient (Wildman–Crippen LogP) is 1.39. The molecule has 17 heavy (non-hydrogen) atoms. The normalized spacial score (nSPS) is 9.65. The number of rotatable bonds is 3. The molecule has 2 rings (SSSR count). The quantitative estimate of drug-likeness (QED) is 0.802. The Hall–Kier alpha value is -2.49. The van der Waals surface area contributed by atoms with Crippen LogP contribution in [-0.2, 0) is 4.79 Å². The van der Waals surface area contributed by atoms with Gasteiger partial charge in [0.2, 0.25) is 5.91 Å². The average Bonchev–Trinajstić information content (AvgIpc) is 2.38. The third-order valence-corrected chi connectivity index (χ3v) is 2.17. The molecule has 0 saturated carbocycles. The van der Waals surface area contributed by atoms with Crippen molar-refractivity contribution in [2.24, 2.45) is 5.73 Å². The molecule has 0 aromatic carbocycles. The smallest absolute Gasteiger partial charge is 0.242 e. The Morgan fingerprint density at radius 2 is 1.53 bits per heavy atom. The Morgan fingerprint density at radius 3 is 1.88 bits per heavy atom. The van der Waals surface area contributed by atoms with Gasteiger partial charge in [-0.15, -0.1) is 0 Å². The van der Waals surface area contributed by atoms with Crippen molar-refractivity contribution in [3.8, 4) is 0 Å². The maximum atomic E-state index is 11.0. The third kappa shape index (κ3) is 2.75. The van der Waals surface area contributed by atoms with E-state index in [1.807, 2.05) is 36.4 Å². The van der Waals surface area contributed by atoms with E-state index in [2.05, 4.69) is 9.97 Å². The van der Waals surface area contributed by atoms with E-state index in [9.17, 15) is 4.79 Å². The SMILES string of the molecule is NC(=O)C=C(c1ccccn1)c1ccccn1. The number of carbonyl (C=O) groups is 1. The number of amides is 1. The van der Waals surface area contributed by atoms with E-state index in [1.165, 1.54) is 6.08 Å². The number of hydrogen-bond acceptors (Lipinski definition) is 3. The van der Waals surface area contributed by atoms with Gasteiger partial charge in [-0.3, -0.25) is 14.8 Å². The highest BCUT2D eigenvalue weighted by Gasteiger charge is 2.08. The van der Waals surface area contributed by atoms with Crippen LogP contribution in [-0.4, -0.2) is 15.9 Å². The molecule has 0 bridgehead atoms. The summed E-state index contributed by atoms with van der Waals surface area (Å²) < 4.78 is 0. The highest BCUT2D eigenvalue weighted by Crippen LogP contribution is 2.18. The van der Waals surface area contributed by atoms with Gasteiger partial charge in [-0.05, 0) is 24.3 Å². The first-order chi connectivity index (χ1) is 8.27. The van der Waals surface area contributed by atoms with Crippen LogP contribution in [0, 0.1) is 0 Å². The van der Waals surface area contributed by atoms with E-state index in [1.54, 1.807) is 12.4 Å². The molecular formula is C13H11N3O. The fourth-order valence-corrected chi connectivity index (χ4v) is 1.47. The first-order valence-electron chi connectivity index (χ1n) is 5.11. The molecule has 4 nitrogen and oxygen atoms in total. The van der Waals surface area contributed by atoms with Gasteiger partial charge in [-0.2, -0.15) is 0 Å². The highest BCUT2D eigenvalue weighted by atomic mass is 16.1. The van der Waals surface area contributed by atoms with Gasteiger partial charge in [0.15, 0.2) is 0 Å². The Balaban J connectivity index is 2.51. The molecule has 2 aromatic heterocycles. The summed E-state index contributed by atoms with van der Waals surface area (Å²) in [6.07, 6.45) is 4.66. The van der Waals surface area contributed by atoms with Gasteiger partial charge in [0.25, 0.3) is 0 Å². The van der Waals surface area contributed by atoms with E-state index in [0.717, 1.165) is 0 Å². The van der Waals surface area contributed by atoms with Gasteiger partial charge in [0.05, 0.1) is 11.4 Å². The second-order valence-electron chi connectivity index (χ2n) is 3.39. The lowest BCUT2D eigenvalue weighted by atomic mass is 10.1. The third-order valence-electron chi connectivity index (χ3n) is 2.17. The molecule has 2 N–H and O–H groups in total. The van der Waals surface area contributed by atoms with Gasteiger partial charge in [-0.1, -0.05) is 12.1 Å². The standard InChI is InChI=1S/C13H11N3O/c14-13(17)9-10(11-5-1-3-7-15-11)12-6-2-4-8-16-12/h1-9H,(H2,14,17). The van der Waals surface area contributed by atoms with Crippen LogP contribution < -0.4 is 5.73 Å². The summed E-state index contributed by atoms with van der Waals surface area (Å²) in [5, 5.41) is 0. The molecule has 0 fully saturated rings. The fourth-order valence-electron chi connectivity index (χ4n) is 1.47. The molecule has 0 atom stereocenters. The summed E-state index contributed by atoms with van der Waals surface area (Å²) in [5.74, 6) is -0.517. The molecule has 1 amide bonds. The Kier molecular flexibility index (Phi) is 3.25. The number of nitrogens with zero attached hydrogens (tertiary/aromatic N) is 2. The van der Waals surface area contributed by atoms with Gasteiger partial charge in [0.1, 0.15) is 0 Å². The molecule has 2 aromatic rings. The van der Waals surface area contributed by atoms with Crippen LogP contribution >= 0.6 is 0 Å². The average molecular weight is 225 g/mol. The highest BCUT2D eigenvalue weighted by molar-refractivity contribution is 5.97. The van der Waals surface area contributed by atoms with Gasteiger partial charge in [-0.25, -0.2) is 0 Å². The Bertz CT molecular complexity index is 494. The van der Waals surface area contributed by atoms with Crippen molar-refractivity contribution < 1.29 is 4.79 Å². The van der Waals surface area contributed by atoms with E-state index in [-0.39, 0.29) is 0 Å². The van der Waals surface area contributed by atoms with Crippen molar-refractivity contribution >= 4 is 11.5 Å². The van der Waals surface area contributed by atoms with Crippen molar-refractivity contribution in [1.29, 1.82) is 0 Å². The number of carbonyl (C=O) groups excluding carboxylic acids is 1. The molecule has 0 aliphatic carbocycles. The maximum Gasteiger partial charge on any atom is 0.242 e. The topological polar surface area (TPSA) is 68.9 Å². The molecule has 84 valence electrons. The van der Waals surface area contributed by atoms with Gasteiger partial charge >= 0.3 is 0 Å². The zero-order chi connectivity index (χ0) is 12.1. The Labute approximate surface area is 98.8 Å². The largest absolute Gasteiger partial charge is 0.366 e. The summed E-state index contributed by atoms with van der Waals surface area (Å²) in [7, 11) is 0. The van der Waals surface area contributed by atoms with Crippen LogP contribution in [0.25, 0.3) is 5.57 Å². The van der Waals surface area contributed by atoms with Gasteiger partial charge in [0, 0.05) is 24.0 Å². The van der Waals surface area contributed by atoms with Crippen LogP contribution in [0.4, 0.5) is 0 Å². The lowest BCUT2D eigenvalue weighted by Crippen LogP contribution is -2.08. The lowest BCUT2D eigenvalue weighted by Gasteiger charge is -2.05. The second kappa shape index (κ2) is 5.03. The zero-order valence-electron chi connectivity index (χ0n) is 9.08. The number of hydrogen-bond donors (Lipinski definition) is 1. The summed E-state index contributed by atoms with van der Waals surface area (Å²) in [5.41, 5.74) is 7.16. The fraction of sp³-hybridized carbons (Fsp3) is 0. The first kappa shape index (κ1) is 11.0. The monoisotopic (exact) mass is 225 g/mol. The molecule has 0 spiro atoms. The second-order valence-corrected chi connectivity index (χ2v) is 3.39. The summed E-state index contributed by atoms with van der Waals surface area (Å²) >= 11 is 0. The zero-order valence-corrected chi connectivity index (χ0v) is 9.08. The molecule has 0 saturated heterocycles.